The monoisotopic (exact) mass is 252 g/mol. The lowest BCUT2D eigenvalue weighted by Crippen LogP contribution is -2.45. The first-order chi connectivity index (χ1) is 8.34. The maximum atomic E-state index is 4.02. The Balaban J connectivity index is 4.99. The average Bonchev–Trinajstić information content (AvgIpc) is 2.27. The van der Waals surface area contributed by atoms with Gasteiger partial charge >= 0.3 is 0 Å². The van der Waals surface area contributed by atoms with E-state index in [1.54, 1.807) is 0 Å². The molecule has 0 fully saturated rings. The third kappa shape index (κ3) is 5.26. The zero-order valence-electron chi connectivity index (χ0n) is 13.5. The van der Waals surface area contributed by atoms with Crippen molar-refractivity contribution in [1.29, 1.82) is 0 Å². The van der Waals surface area contributed by atoms with Gasteiger partial charge in [0.15, 0.2) is 0 Å². The van der Waals surface area contributed by atoms with E-state index in [1.807, 2.05) is 0 Å². The molecule has 0 rings (SSSR count). The van der Waals surface area contributed by atoms with Crippen LogP contribution in [0.5, 0.6) is 0 Å². The molecule has 0 aromatic rings. The number of allylic oxidation sites excluding steroid dienone is 3. The van der Waals surface area contributed by atoms with Gasteiger partial charge in [0.2, 0.25) is 0 Å². The summed E-state index contributed by atoms with van der Waals surface area (Å²) in [6.45, 7) is 15.1. The van der Waals surface area contributed by atoms with Crippen molar-refractivity contribution >= 4 is 0 Å². The summed E-state index contributed by atoms with van der Waals surface area (Å²) in [4.78, 5) is 0. The molecule has 0 spiro atoms. The van der Waals surface area contributed by atoms with Gasteiger partial charge in [0.1, 0.15) is 0 Å². The molecule has 106 valence electrons. The first kappa shape index (κ1) is 17.2. The van der Waals surface area contributed by atoms with Crippen molar-refractivity contribution in [2.45, 2.75) is 59.9 Å². The molecular formula is C16H32N2. The van der Waals surface area contributed by atoms with Gasteiger partial charge in [-0.3, -0.25) is 0 Å². The van der Waals surface area contributed by atoms with E-state index in [0.29, 0.717) is 12.0 Å². The lowest BCUT2D eigenvalue weighted by atomic mass is 10.0. The molecule has 0 saturated heterocycles. The molecule has 0 radical (unpaired) electrons. The Morgan fingerprint density at radius 1 is 1.28 bits per heavy atom. The topological polar surface area (TPSA) is 6.48 Å². The molecule has 0 aromatic carbocycles. The Bertz CT molecular complexity index is 277. The molecule has 0 aromatic heterocycles. The van der Waals surface area contributed by atoms with E-state index in [2.05, 4.69) is 71.4 Å². The Labute approximate surface area is 114 Å². The third-order valence-electron chi connectivity index (χ3n) is 3.30. The molecule has 0 heterocycles. The minimum absolute atomic E-state index is 0.552. The predicted molar refractivity (Wildman–Crippen MR) is 82.2 cm³/mol. The van der Waals surface area contributed by atoms with Gasteiger partial charge in [-0.2, -0.15) is 0 Å². The SMILES string of the molecule is C=C(C)CCC(CC)N(/C(=C\C)C(C)C)N(C)C. The second-order valence-corrected chi connectivity index (χ2v) is 5.62. The van der Waals surface area contributed by atoms with E-state index in [4.69, 9.17) is 0 Å². The lowest BCUT2D eigenvalue weighted by Gasteiger charge is -2.41. The zero-order valence-corrected chi connectivity index (χ0v) is 13.5. The fraction of sp³-hybridized carbons (Fsp3) is 0.750. The average molecular weight is 252 g/mol. The van der Waals surface area contributed by atoms with Crippen molar-refractivity contribution in [3.63, 3.8) is 0 Å². The largest absolute Gasteiger partial charge is 0.307 e. The molecule has 2 nitrogen and oxygen atoms in total. The van der Waals surface area contributed by atoms with Crippen LogP contribution >= 0.6 is 0 Å². The van der Waals surface area contributed by atoms with Crippen LogP contribution in [0.25, 0.3) is 0 Å². The molecule has 0 bridgehead atoms. The van der Waals surface area contributed by atoms with E-state index in [-0.39, 0.29) is 0 Å². The molecule has 0 N–H and O–H groups in total. The molecule has 2 heteroatoms. The van der Waals surface area contributed by atoms with Crippen molar-refractivity contribution < 1.29 is 0 Å². The molecule has 0 aliphatic carbocycles. The maximum Gasteiger partial charge on any atom is 0.0454 e. The Kier molecular flexibility index (Phi) is 8.01. The highest BCUT2D eigenvalue weighted by Crippen LogP contribution is 2.24. The molecule has 0 amide bonds. The Morgan fingerprint density at radius 2 is 1.83 bits per heavy atom. The summed E-state index contributed by atoms with van der Waals surface area (Å²) in [7, 11) is 4.27. The Hall–Kier alpha value is -0.760. The number of hydrogen-bond donors (Lipinski definition) is 0. The predicted octanol–water partition coefficient (Wildman–Crippen LogP) is 4.46. The van der Waals surface area contributed by atoms with Crippen LogP contribution in [0, 0.1) is 5.92 Å². The van der Waals surface area contributed by atoms with E-state index in [1.165, 1.54) is 17.7 Å². The van der Waals surface area contributed by atoms with Crippen LogP contribution in [0.3, 0.4) is 0 Å². The summed E-state index contributed by atoms with van der Waals surface area (Å²) in [6.07, 6.45) is 5.69. The van der Waals surface area contributed by atoms with Crippen molar-refractivity contribution in [2.75, 3.05) is 14.1 Å². The molecular weight excluding hydrogens is 220 g/mol. The molecule has 1 atom stereocenters. The summed E-state index contributed by atoms with van der Waals surface area (Å²) >= 11 is 0. The van der Waals surface area contributed by atoms with Crippen molar-refractivity contribution in [3.8, 4) is 0 Å². The summed E-state index contributed by atoms with van der Waals surface area (Å²) in [5, 5.41) is 4.68. The fourth-order valence-electron chi connectivity index (χ4n) is 2.41. The minimum atomic E-state index is 0.552. The Morgan fingerprint density at radius 3 is 2.11 bits per heavy atom. The number of nitrogens with zero attached hydrogens (tertiary/aromatic N) is 2. The summed E-state index contributed by atoms with van der Waals surface area (Å²) in [6, 6.07) is 0.560. The van der Waals surface area contributed by atoms with Gasteiger partial charge in [0, 0.05) is 25.8 Å². The van der Waals surface area contributed by atoms with Gasteiger partial charge < -0.3 is 5.01 Å². The quantitative estimate of drug-likeness (QED) is 0.465. The molecule has 18 heavy (non-hydrogen) atoms. The molecule has 0 aliphatic rings. The smallest absolute Gasteiger partial charge is 0.0454 e. The highest BCUT2D eigenvalue weighted by atomic mass is 15.6. The van der Waals surface area contributed by atoms with Crippen LogP contribution in [0.1, 0.15) is 53.9 Å². The molecule has 1 unspecified atom stereocenters. The summed E-state index contributed by atoms with van der Waals surface area (Å²) < 4.78 is 0. The lowest BCUT2D eigenvalue weighted by molar-refractivity contribution is 0.00444. The van der Waals surface area contributed by atoms with E-state index in [9.17, 15) is 0 Å². The van der Waals surface area contributed by atoms with Crippen LogP contribution in [0.4, 0.5) is 0 Å². The highest BCUT2D eigenvalue weighted by molar-refractivity contribution is 5.04. The van der Waals surface area contributed by atoms with Crippen molar-refractivity contribution in [3.05, 3.63) is 23.9 Å². The van der Waals surface area contributed by atoms with Gasteiger partial charge in [0.25, 0.3) is 0 Å². The number of hydrazine groups is 1. The van der Waals surface area contributed by atoms with E-state index in [0.717, 1.165) is 12.8 Å². The van der Waals surface area contributed by atoms with Crippen LogP contribution in [0.2, 0.25) is 0 Å². The van der Waals surface area contributed by atoms with Gasteiger partial charge in [-0.25, -0.2) is 5.01 Å². The first-order valence-corrected chi connectivity index (χ1v) is 7.12. The van der Waals surface area contributed by atoms with Gasteiger partial charge in [-0.05, 0) is 39.0 Å². The number of rotatable bonds is 8. The minimum Gasteiger partial charge on any atom is -0.307 e. The second kappa shape index (κ2) is 8.36. The highest BCUT2D eigenvalue weighted by Gasteiger charge is 2.22. The third-order valence-corrected chi connectivity index (χ3v) is 3.30. The van der Waals surface area contributed by atoms with Crippen LogP contribution < -0.4 is 0 Å². The van der Waals surface area contributed by atoms with Crippen molar-refractivity contribution in [2.24, 2.45) is 5.92 Å². The van der Waals surface area contributed by atoms with Crippen LogP contribution in [-0.2, 0) is 0 Å². The summed E-state index contributed by atoms with van der Waals surface area (Å²) in [5.41, 5.74) is 2.69. The second-order valence-electron chi connectivity index (χ2n) is 5.62. The van der Waals surface area contributed by atoms with Gasteiger partial charge in [-0.1, -0.05) is 32.4 Å². The van der Waals surface area contributed by atoms with Crippen LogP contribution in [-0.4, -0.2) is 30.2 Å². The van der Waals surface area contributed by atoms with Gasteiger partial charge in [-0.15, -0.1) is 6.58 Å². The standard InChI is InChI=1S/C16H32N2/c1-9-15(12-11-13(3)4)18(17(7)8)16(10-2)14(5)6/h10,14-15H,3,9,11-12H2,1-2,4-8H3/b16-10-. The van der Waals surface area contributed by atoms with Crippen LogP contribution in [0.15, 0.2) is 23.9 Å². The molecule has 0 aliphatic heterocycles. The van der Waals surface area contributed by atoms with E-state index >= 15 is 0 Å². The normalized spacial score (nSPS) is 14.2. The maximum absolute atomic E-state index is 4.02. The number of hydrogen-bond acceptors (Lipinski definition) is 2. The van der Waals surface area contributed by atoms with Gasteiger partial charge in [0.05, 0.1) is 0 Å². The fourth-order valence-corrected chi connectivity index (χ4v) is 2.41. The van der Waals surface area contributed by atoms with E-state index < -0.39 is 0 Å². The summed E-state index contributed by atoms with van der Waals surface area (Å²) in [5.74, 6) is 0.552. The molecule has 0 saturated carbocycles. The first-order valence-electron chi connectivity index (χ1n) is 7.12. The van der Waals surface area contributed by atoms with Crippen molar-refractivity contribution in [1.82, 2.24) is 10.0 Å². The zero-order chi connectivity index (χ0) is 14.3.